The van der Waals surface area contributed by atoms with Crippen molar-refractivity contribution in [2.24, 2.45) is 5.92 Å². The molecule has 1 aromatic heterocycles. The van der Waals surface area contributed by atoms with Gasteiger partial charge in [-0.25, -0.2) is 4.98 Å². The van der Waals surface area contributed by atoms with E-state index in [0.29, 0.717) is 12.0 Å². The Hall–Kier alpha value is -0.650. The van der Waals surface area contributed by atoms with Gasteiger partial charge in [0, 0.05) is 36.8 Å². The van der Waals surface area contributed by atoms with Gasteiger partial charge in [0.05, 0.1) is 0 Å². The highest BCUT2D eigenvalue weighted by atomic mass is 32.1. The molecule has 0 saturated carbocycles. The Morgan fingerprint density at radius 1 is 1.53 bits per heavy atom. The minimum atomic E-state index is 0.645. The van der Waals surface area contributed by atoms with Crippen LogP contribution in [0, 0.1) is 5.92 Å². The fraction of sp³-hybridized carbons (Fsp3) is 0.750. The molecule has 1 aromatic rings. The Morgan fingerprint density at radius 3 is 2.88 bits per heavy atom. The zero-order chi connectivity index (χ0) is 12.4. The third-order valence-corrected chi connectivity index (χ3v) is 4.46. The Bertz CT molecular complexity index is 363. The number of nitrogens with one attached hydrogen (secondary N) is 1. The molecule has 17 heavy (non-hydrogen) atoms. The van der Waals surface area contributed by atoms with E-state index in [1.807, 2.05) is 13.2 Å². The van der Waals surface area contributed by atoms with Crippen molar-refractivity contribution in [2.45, 2.75) is 19.5 Å². The van der Waals surface area contributed by atoms with E-state index in [2.05, 4.69) is 41.1 Å². The van der Waals surface area contributed by atoms with Crippen LogP contribution in [0.5, 0.6) is 0 Å². The van der Waals surface area contributed by atoms with Gasteiger partial charge < -0.3 is 15.1 Å². The Labute approximate surface area is 108 Å². The molecule has 2 rings (SSSR count). The lowest BCUT2D eigenvalue weighted by Gasteiger charge is -2.22. The van der Waals surface area contributed by atoms with Crippen LogP contribution in [0.2, 0.25) is 0 Å². The fourth-order valence-corrected chi connectivity index (χ4v) is 3.42. The maximum absolute atomic E-state index is 4.53. The van der Waals surface area contributed by atoms with E-state index >= 15 is 0 Å². The number of rotatable bonds is 4. The van der Waals surface area contributed by atoms with Gasteiger partial charge in [0.15, 0.2) is 5.13 Å². The minimum absolute atomic E-state index is 0.645. The number of hydrogen-bond acceptors (Lipinski definition) is 5. The fourth-order valence-electron chi connectivity index (χ4n) is 2.48. The first-order valence-corrected chi connectivity index (χ1v) is 6.94. The van der Waals surface area contributed by atoms with Crippen LogP contribution < -0.4 is 10.2 Å². The number of nitrogens with zero attached hydrogens (tertiary/aromatic N) is 3. The summed E-state index contributed by atoms with van der Waals surface area (Å²) in [5.74, 6) is 0.710. The van der Waals surface area contributed by atoms with E-state index < -0.39 is 0 Å². The van der Waals surface area contributed by atoms with Crippen LogP contribution in [0.15, 0.2) is 6.20 Å². The molecule has 1 saturated heterocycles. The van der Waals surface area contributed by atoms with Crippen molar-refractivity contribution in [3.63, 3.8) is 0 Å². The number of thiazole rings is 1. The van der Waals surface area contributed by atoms with Gasteiger partial charge in [-0.1, -0.05) is 6.92 Å². The first kappa shape index (κ1) is 12.8. The number of likely N-dealkylation sites (N-methyl/N-ethyl adjacent to an activating group) is 1. The largest absolute Gasteiger partial charge is 0.346 e. The minimum Gasteiger partial charge on any atom is -0.346 e. The second-order valence-corrected chi connectivity index (χ2v) is 6.15. The molecule has 0 radical (unpaired) electrons. The molecule has 0 aliphatic carbocycles. The maximum atomic E-state index is 4.53. The first-order chi connectivity index (χ1) is 8.11. The average molecular weight is 254 g/mol. The lowest BCUT2D eigenvalue weighted by molar-refractivity contribution is 0.266. The summed E-state index contributed by atoms with van der Waals surface area (Å²) in [6.45, 7) is 5.46. The molecular weight excluding hydrogens is 232 g/mol. The molecule has 2 unspecified atom stereocenters. The van der Waals surface area contributed by atoms with Gasteiger partial charge in [-0.15, -0.1) is 11.3 Å². The second-order valence-electron chi connectivity index (χ2n) is 5.05. The van der Waals surface area contributed by atoms with Gasteiger partial charge in [-0.2, -0.15) is 0 Å². The number of anilines is 1. The average Bonchev–Trinajstić information content (AvgIpc) is 2.85. The van der Waals surface area contributed by atoms with Gasteiger partial charge >= 0.3 is 0 Å². The number of aromatic nitrogens is 1. The summed E-state index contributed by atoms with van der Waals surface area (Å²) in [6, 6.07) is 0.645. The summed E-state index contributed by atoms with van der Waals surface area (Å²) < 4.78 is 0. The molecule has 1 N–H and O–H groups in total. The van der Waals surface area contributed by atoms with Crippen LogP contribution in [-0.4, -0.2) is 50.2 Å². The zero-order valence-corrected chi connectivity index (χ0v) is 11.9. The summed E-state index contributed by atoms with van der Waals surface area (Å²) in [6.07, 6.45) is 1.99. The quantitative estimate of drug-likeness (QED) is 0.876. The molecule has 1 aliphatic rings. The Balaban J connectivity index is 2.03. The van der Waals surface area contributed by atoms with Crippen molar-refractivity contribution in [1.29, 1.82) is 0 Å². The van der Waals surface area contributed by atoms with Crippen LogP contribution in [-0.2, 0) is 6.54 Å². The van der Waals surface area contributed by atoms with E-state index in [-0.39, 0.29) is 0 Å². The van der Waals surface area contributed by atoms with E-state index in [4.69, 9.17) is 0 Å². The second kappa shape index (κ2) is 5.33. The molecule has 2 heterocycles. The van der Waals surface area contributed by atoms with Crippen molar-refractivity contribution in [3.05, 3.63) is 11.1 Å². The van der Waals surface area contributed by atoms with Crippen molar-refractivity contribution in [1.82, 2.24) is 15.2 Å². The van der Waals surface area contributed by atoms with E-state index in [9.17, 15) is 0 Å². The molecule has 96 valence electrons. The zero-order valence-electron chi connectivity index (χ0n) is 11.1. The van der Waals surface area contributed by atoms with Gasteiger partial charge in [0.1, 0.15) is 0 Å². The van der Waals surface area contributed by atoms with Gasteiger partial charge in [-0.3, -0.25) is 0 Å². The van der Waals surface area contributed by atoms with E-state index in [0.717, 1.165) is 19.6 Å². The van der Waals surface area contributed by atoms with Gasteiger partial charge in [-0.05, 0) is 27.1 Å². The Morgan fingerprint density at radius 2 is 2.29 bits per heavy atom. The third-order valence-electron chi connectivity index (χ3n) is 3.40. The van der Waals surface area contributed by atoms with Crippen LogP contribution in [0.25, 0.3) is 0 Å². The summed E-state index contributed by atoms with van der Waals surface area (Å²) in [7, 11) is 6.30. The van der Waals surface area contributed by atoms with Crippen molar-refractivity contribution in [2.75, 3.05) is 39.1 Å². The lowest BCUT2D eigenvalue weighted by Crippen LogP contribution is -2.34. The topological polar surface area (TPSA) is 31.4 Å². The predicted molar refractivity (Wildman–Crippen MR) is 73.7 cm³/mol. The third kappa shape index (κ3) is 2.78. The van der Waals surface area contributed by atoms with E-state index in [1.54, 1.807) is 11.3 Å². The van der Waals surface area contributed by atoms with Gasteiger partial charge in [0.2, 0.25) is 0 Å². The van der Waals surface area contributed by atoms with Gasteiger partial charge in [0.25, 0.3) is 0 Å². The number of hydrogen-bond donors (Lipinski definition) is 1. The Kier molecular flexibility index (Phi) is 4.01. The smallest absolute Gasteiger partial charge is 0.185 e. The normalized spacial score (nSPS) is 24.9. The maximum Gasteiger partial charge on any atom is 0.185 e. The molecule has 0 aromatic carbocycles. The standard InChI is InChI=1S/C12H22N4S/c1-9-7-16(8-11(9)15(3)4)12-14-6-10(17-12)5-13-2/h6,9,11,13H,5,7-8H2,1-4H3. The summed E-state index contributed by atoms with van der Waals surface area (Å²) in [5.41, 5.74) is 0. The molecule has 1 fully saturated rings. The monoisotopic (exact) mass is 254 g/mol. The lowest BCUT2D eigenvalue weighted by atomic mass is 10.1. The predicted octanol–water partition coefficient (Wildman–Crippen LogP) is 1.25. The molecule has 1 aliphatic heterocycles. The van der Waals surface area contributed by atoms with Crippen LogP contribution in [0.4, 0.5) is 5.13 Å². The highest BCUT2D eigenvalue weighted by Gasteiger charge is 2.32. The summed E-state index contributed by atoms with van der Waals surface area (Å²) >= 11 is 1.80. The summed E-state index contributed by atoms with van der Waals surface area (Å²) in [4.78, 5) is 10.6. The van der Waals surface area contributed by atoms with Crippen molar-refractivity contribution < 1.29 is 0 Å². The van der Waals surface area contributed by atoms with Crippen LogP contribution >= 0.6 is 11.3 Å². The highest BCUT2D eigenvalue weighted by molar-refractivity contribution is 7.15. The SMILES string of the molecule is CNCc1cnc(N2CC(C)C(N(C)C)C2)s1. The van der Waals surface area contributed by atoms with Crippen LogP contribution in [0.3, 0.4) is 0 Å². The van der Waals surface area contributed by atoms with Crippen LogP contribution in [0.1, 0.15) is 11.8 Å². The summed E-state index contributed by atoms with van der Waals surface area (Å²) in [5, 5.41) is 4.34. The molecule has 2 atom stereocenters. The molecule has 0 amide bonds. The first-order valence-electron chi connectivity index (χ1n) is 6.12. The molecule has 5 heteroatoms. The van der Waals surface area contributed by atoms with Crippen molar-refractivity contribution in [3.8, 4) is 0 Å². The molecule has 0 spiro atoms. The highest BCUT2D eigenvalue weighted by Crippen LogP contribution is 2.29. The molecule has 4 nitrogen and oxygen atoms in total. The molecule has 0 bridgehead atoms. The van der Waals surface area contributed by atoms with Crippen molar-refractivity contribution >= 4 is 16.5 Å². The molecular formula is C12H22N4S. The van der Waals surface area contributed by atoms with E-state index in [1.165, 1.54) is 10.0 Å².